The number of hydrogen-bond donors (Lipinski definition) is 1. The van der Waals surface area contributed by atoms with Crippen molar-refractivity contribution in [2.75, 3.05) is 5.73 Å². The lowest BCUT2D eigenvalue weighted by Crippen LogP contribution is -2.08. The van der Waals surface area contributed by atoms with Crippen LogP contribution in [0.5, 0.6) is 0 Å². The Morgan fingerprint density at radius 2 is 2.06 bits per heavy atom. The summed E-state index contributed by atoms with van der Waals surface area (Å²) in [6, 6.07) is 0.318. The number of nitrogens with two attached hydrogens (primary N) is 1. The third kappa shape index (κ3) is 2.08. The molecule has 2 heterocycles. The van der Waals surface area contributed by atoms with E-state index >= 15 is 0 Å². The van der Waals surface area contributed by atoms with Crippen LogP contribution in [0.1, 0.15) is 38.1 Å². The van der Waals surface area contributed by atoms with Crippen LogP contribution in [0, 0.1) is 6.92 Å². The Morgan fingerprint density at radius 1 is 1.33 bits per heavy atom. The average Bonchev–Trinajstić information content (AvgIpc) is 2.81. The van der Waals surface area contributed by atoms with Crippen LogP contribution in [-0.4, -0.2) is 19.5 Å². The summed E-state index contributed by atoms with van der Waals surface area (Å²) in [5.41, 5.74) is 8.82. The fourth-order valence-corrected chi connectivity index (χ4v) is 1.93. The van der Waals surface area contributed by atoms with Gasteiger partial charge >= 0.3 is 0 Å². The Hall–Kier alpha value is -1.91. The maximum Gasteiger partial charge on any atom is 0.180 e. The Kier molecular flexibility index (Phi) is 3.32. The second-order valence-corrected chi connectivity index (χ2v) is 4.64. The molecule has 2 aromatic heterocycles. The highest BCUT2D eigenvalue weighted by atomic mass is 15.1. The maximum absolute atomic E-state index is 5.95. The van der Waals surface area contributed by atoms with Crippen molar-refractivity contribution in [3.05, 3.63) is 23.8 Å². The van der Waals surface area contributed by atoms with Gasteiger partial charge in [-0.05, 0) is 27.2 Å². The highest BCUT2D eigenvalue weighted by Gasteiger charge is 2.14. The van der Waals surface area contributed by atoms with E-state index in [1.54, 1.807) is 12.5 Å². The summed E-state index contributed by atoms with van der Waals surface area (Å²) in [5.74, 6) is 1.20. The van der Waals surface area contributed by atoms with Gasteiger partial charge in [0.25, 0.3) is 0 Å². The number of imidazole rings is 1. The average molecular weight is 245 g/mol. The van der Waals surface area contributed by atoms with Crippen LogP contribution in [-0.2, 0) is 6.42 Å². The Labute approximate surface area is 107 Å². The number of nitrogen functional groups attached to an aromatic ring is 1. The smallest absolute Gasteiger partial charge is 0.180 e. The van der Waals surface area contributed by atoms with Crippen LogP contribution in [0.25, 0.3) is 11.5 Å². The van der Waals surface area contributed by atoms with Gasteiger partial charge in [-0.1, -0.05) is 6.92 Å². The largest absolute Gasteiger partial charge is 0.383 e. The van der Waals surface area contributed by atoms with E-state index in [2.05, 4.69) is 35.7 Å². The van der Waals surface area contributed by atoms with Gasteiger partial charge in [-0.2, -0.15) is 0 Å². The van der Waals surface area contributed by atoms with E-state index in [0.717, 1.165) is 23.4 Å². The molecule has 5 nitrogen and oxygen atoms in total. The SMILES string of the molecule is CCc1nc(-c2cncn2C(C)C)nc(N)c1C. The molecule has 0 bridgehead atoms. The molecule has 0 saturated carbocycles. The first-order valence-electron chi connectivity index (χ1n) is 6.19. The van der Waals surface area contributed by atoms with Crippen LogP contribution in [0.15, 0.2) is 12.5 Å². The van der Waals surface area contributed by atoms with Gasteiger partial charge in [-0.15, -0.1) is 0 Å². The summed E-state index contributed by atoms with van der Waals surface area (Å²) in [6.07, 6.45) is 4.43. The molecule has 0 aliphatic heterocycles. The van der Waals surface area contributed by atoms with E-state index in [-0.39, 0.29) is 0 Å². The second-order valence-electron chi connectivity index (χ2n) is 4.64. The lowest BCUT2D eigenvalue weighted by atomic mass is 10.2. The lowest BCUT2D eigenvalue weighted by molar-refractivity contribution is 0.603. The van der Waals surface area contributed by atoms with Crippen LogP contribution < -0.4 is 5.73 Å². The fourth-order valence-electron chi connectivity index (χ4n) is 1.93. The molecule has 2 aromatic rings. The van der Waals surface area contributed by atoms with Gasteiger partial charge in [-0.25, -0.2) is 15.0 Å². The molecule has 2 rings (SSSR count). The van der Waals surface area contributed by atoms with Crippen LogP contribution in [0.2, 0.25) is 0 Å². The molecular weight excluding hydrogens is 226 g/mol. The second kappa shape index (κ2) is 4.76. The quantitative estimate of drug-likeness (QED) is 0.901. The summed E-state index contributed by atoms with van der Waals surface area (Å²) in [4.78, 5) is 13.1. The minimum atomic E-state index is 0.318. The first kappa shape index (κ1) is 12.5. The summed E-state index contributed by atoms with van der Waals surface area (Å²) >= 11 is 0. The van der Waals surface area contributed by atoms with Crippen molar-refractivity contribution in [3.8, 4) is 11.5 Å². The van der Waals surface area contributed by atoms with E-state index in [1.807, 2.05) is 11.5 Å². The van der Waals surface area contributed by atoms with Crippen molar-refractivity contribution in [3.63, 3.8) is 0 Å². The van der Waals surface area contributed by atoms with Gasteiger partial charge in [0.15, 0.2) is 5.82 Å². The minimum Gasteiger partial charge on any atom is -0.383 e. The topological polar surface area (TPSA) is 69.6 Å². The molecule has 0 aliphatic carbocycles. The van der Waals surface area contributed by atoms with Gasteiger partial charge in [0.2, 0.25) is 0 Å². The van der Waals surface area contributed by atoms with Crippen molar-refractivity contribution in [2.45, 2.75) is 40.2 Å². The number of aromatic nitrogens is 4. The van der Waals surface area contributed by atoms with Gasteiger partial charge < -0.3 is 10.3 Å². The fraction of sp³-hybridized carbons (Fsp3) is 0.462. The molecule has 2 N–H and O–H groups in total. The molecule has 0 aliphatic rings. The molecule has 0 fully saturated rings. The molecule has 96 valence electrons. The highest BCUT2D eigenvalue weighted by molar-refractivity contribution is 5.54. The number of anilines is 1. The zero-order valence-corrected chi connectivity index (χ0v) is 11.3. The molecule has 0 atom stereocenters. The zero-order chi connectivity index (χ0) is 13.3. The summed E-state index contributed by atoms with van der Waals surface area (Å²) < 4.78 is 2.05. The number of nitrogens with zero attached hydrogens (tertiary/aromatic N) is 4. The standard InChI is InChI=1S/C13H19N5/c1-5-10-9(4)12(14)17-13(16-10)11-6-15-7-18(11)8(2)3/h6-8H,5H2,1-4H3,(H2,14,16,17). The summed E-state index contributed by atoms with van der Waals surface area (Å²) in [5, 5.41) is 0. The first-order valence-corrected chi connectivity index (χ1v) is 6.19. The van der Waals surface area contributed by atoms with Crippen molar-refractivity contribution < 1.29 is 0 Å². The highest BCUT2D eigenvalue weighted by Crippen LogP contribution is 2.22. The molecule has 18 heavy (non-hydrogen) atoms. The predicted molar refractivity (Wildman–Crippen MR) is 72.2 cm³/mol. The Bertz CT molecular complexity index is 557. The molecule has 0 amide bonds. The third-order valence-corrected chi connectivity index (χ3v) is 3.07. The van der Waals surface area contributed by atoms with E-state index in [4.69, 9.17) is 5.73 Å². The van der Waals surface area contributed by atoms with Crippen molar-refractivity contribution >= 4 is 5.82 Å². The molecule has 0 spiro atoms. The molecule has 0 aromatic carbocycles. The lowest BCUT2D eigenvalue weighted by Gasteiger charge is -2.13. The van der Waals surface area contributed by atoms with Gasteiger partial charge in [0.05, 0.1) is 12.5 Å². The number of aryl methyl sites for hydroxylation is 1. The third-order valence-electron chi connectivity index (χ3n) is 3.07. The zero-order valence-electron chi connectivity index (χ0n) is 11.3. The molecule has 0 radical (unpaired) electrons. The number of rotatable bonds is 3. The summed E-state index contributed by atoms with van der Waals surface area (Å²) in [6.45, 7) is 8.23. The first-order chi connectivity index (χ1) is 8.54. The summed E-state index contributed by atoms with van der Waals surface area (Å²) in [7, 11) is 0. The normalized spacial score (nSPS) is 11.2. The monoisotopic (exact) mass is 245 g/mol. The van der Waals surface area contributed by atoms with E-state index in [0.29, 0.717) is 17.7 Å². The molecular formula is C13H19N5. The van der Waals surface area contributed by atoms with Crippen LogP contribution in [0.3, 0.4) is 0 Å². The molecule has 0 saturated heterocycles. The number of hydrogen-bond acceptors (Lipinski definition) is 4. The van der Waals surface area contributed by atoms with Crippen LogP contribution in [0.4, 0.5) is 5.82 Å². The molecule has 5 heteroatoms. The van der Waals surface area contributed by atoms with Crippen LogP contribution >= 0.6 is 0 Å². The van der Waals surface area contributed by atoms with Crippen molar-refractivity contribution in [1.82, 2.24) is 19.5 Å². The minimum absolute atomic E-state index is 0.318. The molecule has 0 unspecified atom stereocenters. The van der Waals surface area contributed by atoms with Gasteiger partial charge in [-0.3, -0.25) is 0 Å². The van der Waals surface area contributed by atoms with Gasteiger partial charge in [0, 0.05) is 17.3 Å². The van der Waals surface area contributed by atoms with E-state index in [9.17, 15) is 0 Å². The Morgan fingerprint density at radius 3 is 2.67 bits per heavy atom. The van der Waals surface area contributed by atoms with Gasteiger partial charge in [0.1, 0.15) is 11.5 Å². The Balaban J connectivity index is 2.57. The van der Waals surface area contributed by atoms with Crippen molar-refractivity contribution in [2.24, 2.45) is 0 Å². The van der Waals surface area contributed by atoms with Crippen molar-refractivity contribution in [1.29, 1.82) is 0 Å². The van der Waals surface area contributed by atoms with E-state index in [1.165, 1.54) is 0 Å². The maximum atomic E-state index is 5.95. The predicted octanol–water partition coefficient (Wildman–Crippen LogP) is 2.37. The van der Waals surface area contributed by atoms with E-state index < -0.39 is 0 Å².